The first kappa shape index (κ1) is 44.2. The molecule has 2 aromatic heterocycles. The largest absolute Gasteiger partial charge is 0.311 e. The Balaban J connectivity index is 0.951. The molecule has 5 nitrogen and oxygen atoms in total. The van der Waals surface area contributed by atoms with Crippen LogP contribution in [0.15, 0.2) is 382 Å². The molecule has 0 radical (unpaired) electrons. The van der Waals surface area contributed by atoms with Gasteiger partial charge in [-0.2, -0.15) is 0 Å². The SMILES string of the molecule is [2H]c1c([2H])c([2H])c(N(c2ccc(-n3c4c([2H])c([2H])c([2H])c([2H])c4c4c([2H])c([2H])c([2H])c([2H])c43)cc2)c2ccc3c(c2)N(c2cc(-c4ccccc4)cc(-c4ccccc4)c2)c2cc(-n4c5c([2H])c([2H])c([2H])c([2H])c5c5c([2H])c([2H])c([2H])c([2H])c54)cc4c2B3c2ccc(-c3cccc(C(C)(C)C)c3)cc2N4c2cc(-c3ccccc3)cc(-c3ccccc3)c2)c([2H])c1[2H]. The molecule has 0 aliphatic carbocycles. The molecule has 2 aliphatic heterocycles. The maximum absolute atomic E-state index is 10.1. The van der Waals surface area contributed by atoms with Gasteiger partial charge in [-0.05, 0) is 210 Å². The summed E-state index contributed by atoms with van der Waals surface area (Å²) in [6.07, 6.45) is 0. The molecule has 0 fully saturated rings. The molecule has 0 amide bonds. The fraction of sp³-hybridized carbons (Fsp3) is 0.0400. The monoisotopic (exact) mass is 1370 g/mol. The van der Waals surface area contributed by atoms with E-state index in [4.69, 9.17) is 6.85 Å². The summed E-state index contributed by atoms with van der Waals surface area (Å²) in [6, 6.07) is 70.9. The summed E-state index contributed by atoms with van der Waals surface area (Å²) in [5.41, 5.74) is 14.9. The molecule has 0 saturated heterocycles. The molecule has 2 aliphatic rings. The van der Waals surface area contributed by atoms with Crippen LogP contribution in [-0.4, -0.2) is 15.8 Å². The predicted molar refractivity (Wildman–Crippen MR) is 450 cm³/mol. The third-order valence-electron chi connectivity index (χ3n) is 20.5. The Morgan fingerprint density at radius 3 is 1.11 bits per heavy atom. The minimum Gasteiger partial charge on any atom is -0.311 e. The highest BCUT2D eigenvalue weighted by Crippen LogP contribution is 2.51. The lowest BCUT2D eigenvalue weighted by atomic mass is 9.33. The van der Waals surface area contributed by atoms with Crippen LogP contribution in [0.4, 0.5) is 51.2 Å². The molecule has 6 heteroatoms. The average Bonchev–Trinajstić information content (AvgIpc) is 1.56. The highest BCUT2D eigenvalue weighted by molar-refractivity contribution is 7.00. The number of hydrogen-bond donors (Lipinski definition) is 0. The van der Waals surface area contributed by atoms with Crippen LogP contribution in [0.3, 0.4) is 0 Å². The van der Waals surface area contributed by atoms with E-state index in [1.807, 2.05) is 127 Å². The highest BCUT2D eigenvalue weighted by atomic mass is 15.2. The average molecular weight is 1380 g/mol. The first-order valence-corrected chi connectivity index (χ1v) is 35.1. The van der Waals surface area contributed by atoms with E-state index >= 15 is 0 Å². The fourth-order valence-corrected chi connectivity index (χ4v) is 15.7. The Labute approximate surface area is 648 Å². The van der Waals surface area contributed by atoms with Crippen LogP contribution in [0.5, 0.6) is 0 Å². The van der Waals surface area contributed by atoms with Crippen molar-refractivity contribution < 1.29 is 28.8 Å². The molecule has 0 N–H and O–H groups in total. The lowest BCUT2D eigenvalue weighted by Gasteiger charge is -2.45. The van der Waals surface area contributed by atoms with E-state index in [0.29, 0.717) is 45.0 Å². The van der Waals surface area contributed by atoms with Gasteiger partial charge in [-0.3, -0.25) is 0 Å². The topological polar surface area (TPSA) is 19.6 Å². The van der Waals surface area contributed by atoms with Gasteiger partial charge in [0, 0.05) is 78.4 Å². The van der Waals surface area contributed by atoms with Gasteiger partial charge in [-0.1, -0.05) is 275 Å². The second-order valence-corrected chi connectivity index (χ2v) is 27.7. The first-order chi connectivity index (χ1) is 60.9. The maximum atomic E-state index is 10.1. The molecular formula is C100H72BN5. The molecule has 0 atom stereocenters. The summed E-state index contributed by atoms with van der Waals surface area (Å²) < 4.78 is 201. The van der Waals surface area contributed by atoms with Crippen molar-refractivity contribution in [1.82, 2.24) is 9.13 Å². The Kier molecular flexibility index (Phi) is 10.5. The summed E-state index contributed by atoms with van der Waals surface area (Å²) >= 11 is 0. The Morgan fingerprint density at radius 2 is 0.660 bits per heavy atom. The fourth-order valence-electron chi connectivity index (χ4n) is 15.7. The standard InChI is InChI=1S/C100H72BN5/c1-100(2,3)77-37-27-36-71(58-77)72-48-54-89-95(63-72)105(82-59-73(67-28-9-4-10-29-67)56-74(60-82)68-30-11-5-12-31-68)97-65-84(104-93-46-25-21-42-87(93)88-43-22-26-47-94(88)104)66-98-99(97)101(89)90-55-53-81(64-96(90)106(98)83-61-75(69-32-13-6-14-33-69)57-76(62-83)70-34-15-7-16-35-70)102(78-38-17-8-18-39-78)79-49-51-80(52-50-79)103-91-44-23-19-40-85(91)86-41-20-24-45-92(86)103/h4-66H,1-3H3/i8D,17D,18D,19D,20D,21D,22D,23D,24D,25D,26D,38D,39D,40D,41D,42D,43D,44D,45D,46D,47D. The molecule has 500 valence electrons. The zero-order valence-electron chi connectivity index (χ0n) is 78.6. The van der Waals surface area contributed by atoms with Crippen molar-refractivity contribution in [3.63, 3.8) is 0 Å². The minimum atomic E-state index is -0.798. The molecule has 106 heavy (non-hydrogen) atoms. The number of benzene rings is 16. The van der Waals surface area contributed by atoms with Crippen LogP contribution in [0.25, 0.3) is 111 Å². The normalized spacial score (nSPS) is 15.2. The molecule has 20 rings (SSSR count). The van der Waals surface area contributed by atoms with Crippen LogP contribution in [0.1, 0.15) is 55.1 Å². The number of fused-ring (bicyclic) bond motifs is 10. The summed E-state index contributed by atoms with van der Waals surface area (Å²) in [4.78, 5) is 5.86. The molecule has 0 spiro atoms. The van der Waals surface area contributed by atoms with Crippen LogP contribution in [-0.2, 0) is 5.41 Å². The second kappa shape index (κ2) is 25.2. The third kappa shape index (κ3) is 10.5. The molecule has 4 heterocycles. The number of anilines is 9. The third-order valence-corrected chi connectivity index (χ3v) is 20.5. The van der Waals surface area contributed by atoms with Crippen molar-refractivity contribution >= 4 is 118 Å². The van der Waals surface area contributed by atoms with Crippen molar-refractivity contribution in [3.05, 3.63) is 387 Å². The van der Waals surface area contributed by atoms with Gasteiger partial charge in [-0.15, -0.1) is 0 Å². The van der Waals surface area contributed by atoms with Gasteiger partial charge in [0.1, 0.15) is 0 Å². The van der Waals surface area contributed by atoms with E-state index in [-0.39, 0.29) is 77.5 Å². The van der Waals surface area contributed by atoms with Gasteiger partial charge in [0.2, 0.25) is 0 Å². The number of nitrogens with zero attached hydrogens (tertiary/aromatic N) is 5. The van der Waals surface area contributed by atoms with Crippen molar-refractivity contribution in [3.8, 4) is 67.0 Å². The van der Waals surface area contributed by atoms with Crippen LogP contribution >= 0.6 is 0 Å². The van der Waals surface area contributed by atoms with Gasteiger partial charge in [-0.25, -0.2) is 0 Å². The zero-order chi connectivity index (χ0) is 88.8. The second-order valence-electron chi connectivity index (χ2n) is 27.7. The minimum absolute atomic E-state index is 0.132. The Hall–Kier alpha value is -13.4. The van der Waals surface area contributed by atoms with Crippen molar-refractivity contribution in [2.24, 2.45) is 0 Å². The van der Waals surface area contributed by atoms with Crippen LogP contribution in [0, 0.1) is 0 Å². The summed E-state index contributed by atoms with van der Waals surface area (Å²) in [5, 5.41) is -0.577. The zero-order valence-corrected chi connectivity index (χ0v) is 57.6. The van der Waals surface area contributed by atoms with Gasteiger partial charge in [0.25, 0.3) is 6.71 Å². The van der Waals surface area contributed by atoms with Crippen molar-refractivity contribution in [2.45, 2.75) is 26.2 Å². The Bertz CT molecular complexity index is 7480. The number of aromatic nitrogens is 2. The Morgan fingerprint density at radius 1 is 0.274 bits per heavy atom. The molecular weight excluding hydrogens is 1280 g/mol. The van der Waals surface area contributed by atoms with E-state index in [9.17, 15) is 21.9 Å². The smallest absolute Gasteiger partial charge is 0.252 e. The molecule has 0 bridgehead atoms. The number of hydrogen-bond acceptors (Lipinski definition) is 3. The van der Waals surface area contributed by atoms with Crippen LogP contribution in [0.2, 0.25) is 0 Å². The van der Waals surface area contributed by atoms with Crippen LogP contribution < -0.4 is 31.1 Å². The molecule has 16 aromatic carbocycles. The molecule has 18 aromatic rings. The quantitative estimate of drug-likeness (QED) is 0.114. The van der Waals surface area contributed by atoms with E-state index in [1.54, 1.807) is 24.3 Å². The van der Waals surface area contributed by atoms with Gasteiger partial charge < -0.3 is 23.8 Å². The van der Waals surface area contributed by atoms with Gasteiger partial charge in [0.15, 0.2) is 0 Å². The number of rotatable bonds is 12. The lowest BCUT2D eigenvalue weighted by Crippen LogP contribution is -2.61. The van der Waals surface area contributed by atoms with E-state index < -0.39 is 134 Å². The first-order valence-electron chi connectivity index (χ1n) is 45.6. The number of para-hydroxylation sites is 5. The summed E-state index contributed by atoms with van der Waals surface area (Å²) in [5.74, 6) is 0. The highest BCUT2D eigenvalue weighted by Gasteiger charge is 2.45. The molecule has 0 unspecified atom stereocenters. The summed E-state index contributed by atoms with van der Waals surface area (Å²) in [6.45, 7) is 5.70. The van der Waals surface area contributed by atoms with Gasteiger partial charge >= 0.3 is 0 Å². The van der Waals surface area contributed by atoms with Gasteiger partial charge in [0.05, 0.1) is 56.5 Å². The van der Waals surface area contributed by atoms with E-state index in [1.165, 1.54) is 14.0 Å². The van der Waals surface area contributed by atoms with Crippen molar-refractivity contribution in [1.29, 1.82) is 0 Å². The van der Waals surface area contributed by atoms with E-state index in [0.717, 1.165) is 66.7 Å². The maximum Gasteiger partial charge on any atom is 0.252 e. The lowest BCUT2D eigenvalue weighted by molar-refractivity contribution is 0.590. The molecule has 0 saturated carbocycles. The van der Waals surface area contributed by atoms with Crippen molar-refractivity contribution in [2.75, 3.05) is 14.7 Å². The predicted octanol–water partition coefficient (Wildman–Crippen LogP) is 25.1. The van der Waals surface area contributed by atoms with E-state index in [2.05, 4.69) is 134 Å². The summed E-state index contributed by atoms with van der Waals surface area (Å²) in [7, 11) is 0.